The first-order valence-electron chi connectivity index (χ1n) is 12.9. The average molecular weight is 553 g/mol. The molecule has 0 radical (unpaired) electrons. The molecule has 0 fully saturated rings. The molecule has 3 aromatic heterocycles. The molecule has 0 aliphatic carbocycles. The number of anilines is 1. The summed E-state index contributed by atoms with van der Waals surface area (Å²) in [5, 5.41) is 16.3. The molecule has 0 unspecified atom stereocenters. The summed E-state index contributed by atoms with van der Waals surface area (Å²) in [5.41, 5.74) is 3.01. The van der Waals surface area contributed by atoms with Gasteiger partial charge >= 0.3 is 5.97 Å². The molecule has 11 heteroatoms. The number of nitrogens with zero attached hydrogens (tertiary/aromatic N) is 3. The number of ether oxygens (including phenoxy) is 1. The van der Waals surface area contributed by atoms with Crippen LogP contribution in [0.2, 0.25) is 0 Å². The number of fused-ring (bicyclic) bond motifs is 1. The molecule has 11 nitrogen and oxygen atoms in total. The van der Waals surface area contributed by atoms with Crippen LogP contribution >= 0.6 is 0 Å². The number of H-pyrrole nitrogens is 1. The lowest BCUT2D eigenvalue weighted by Crippen LogP contribution is -2.38. The number of nitrogens with one attached hydrogen (secondary N) is 3. The molecule has 4 N–H and O–H groups in total. The van der Waals surface area contributed by atoms with E-state index in [2.05, 4.69) is 25.6 Å². The normalized spacial score (nSPS) is 11.6. The molecule has 208 valence electrons. The highest BCUT2D eigenvalue weighted by atomic mass is 16.5. The van der Waals surface area contributed by atoms with Gasteiger partial charge in [-0.25, -0.2) is 9.78 Å². The number of methoxy groups -OCH3 is 1. The highest BCUT2D eigenvalue weighted by Gasteiger charge is 2.23. The third-order valence-electron chi connectivity index (χ3n) is 6.55. The number of aromatic amines is 1. The Kier molecular flexibility index (Phi) is 8.05. The first kappa shape index (κ1) is 27.1. The molecule has 0 aliphatic rings. The molecule has 5 aromatic rings. The summed E-state index contributed by atoms with van der Waals surface area (Å²) < 4.78 is 6.27. The van der Waals surface area contributed by atoms with Gasteiger partial charge in [0.25, 0.3) is 5.56 Å². The summed E-state index contributed by atoms with van der Waals surface area (Å²) in [5.74, 6) is -0.983. The Labute approximate surface area is 234 Å². The van der Waals surface area contributed by atoms with Crippen LogP contribution < -0.4 is 16.2 Å². The van der Waals surface area contributed by atoms with Crippen molar-refractivity contribution in [3.8, 4) is 17.0 Å². The summed E-state index contributed by atoms with van der Waals surface area (Å²) in [7, 11) is 1.26. The number of carbonyl (C=O) groups is 2. The number of amides is 1. The fourth-order valence-electron chi connectivity index (χ4n) is 4.47. The standard InChI is InChI=1S/C30H28N6O5/c1-41-30(40)25(13-19-7-9-23(37)10-8-19)35-28-29(39)36(26(17-33-28)20-5-3-2-4-6-20)18-27(38)32-16-22-14-21-15-31-12-11-24(21)34-22/h2-12,14-15,17,25,34,37H,13,16,18H2,1H3,(H,32,38)(H,33,35)/t25-/m0/s1. The summed E-state index contributed by atoms with van der Waals surface area (Å²) in [4.78, 5) is 51.0. The second kappa shape index (κ2) is 12.2. The quantitative estimate of drug-likeness (QED) is 0.193. The lowest BCUT2D eigenvalue weighted by Gasteiger charge is -2.19. The lowest BCUT2D eigenvalue weighted by molar-refractivity contribution is -0.141. The maximum atomic E-state index is 13.7. The summed E-state index contributed by atoms with van der Waals surface area (Å²) in [6.07, 6.45) is 5.09. The molecule has 1 amide bonds. The van der Waals surface area contributed by atoms with Crippen LogP contribution in [0.15, 0.2) is 90.1 Å². The van der Waals surface area contributed by atoms with Crippen molar-refractivity contribution >= 4 is 28.6 Å². The first-order valence-corrected chi connectivity index (χ1v) is 12.9. The van der Waals surface area contributed by atoms with Gasteiger partial charge in [-0.1, -0.05) is 42.5 Å². The van der Waals surface area contributed by atoms with Crippen molar-refractivity contribution < 1.29 is 19.4 Å². The van der Waals surface area contributed by atoms with Gasteiger partial charge < -0.3 is 25.5 Å². The Morgan fingerprint density at radius 3 is 2.59 bits per heavy atom. The van der Waals surface area contributed by atoms with Gasteiger partial charge in [0, 0.05) is 35.4 Å². The van der Waals surface area contributed by atoms with E-state index in [1.54, 1.807) is 24.5 Å². The van der Waals surface area contributed by atoms with E-state index < -0.39 is 17.6 Å². The molecule has 3 heterocycles. The zero-order chi connectivity index (χ0) is 28.8. The van der Waals surface area contributed by atoms with E-state index in [9.17, 15) is 19.5 Å². The number of rotatable bonds is 10. The number of carbonyl (C=O) groups excluding carboxylic acids is 2. The maximum Gasteiger partial charge on any atom is 0.328 e. The van der Waals surface area contributed by atoms with Crippen LogP contribution in [-0.2, 0) is 33.8 Å². The predicted octanol–water partition coefficient (Wildman–Crippen LogP) is 3.00. The molecule has 2 aromatic carbocycles. The Bertz CT molecular complexity index is 1700. The van der Waals surface area contributed by atoms with Gasteiger partial charge in [-0.2, -0.15) is 0 Å². The Morgan fingerprint density at radius 1 is 1.07 bits per heavy atom. The number of hydrogen-bond donors (Lipinski definition) is 4. The van der Waals surface area contributed by atoms with Gasteiger partial charge in [-0.15, -0.1) is 0 Å². The van der Waals surface area contributed by atoms with Crippen LogP contribution in [0.3, 0.4) is 0 Å². The molecular formula is C30H28N6O5. The molecule has 0 saturated heterocycles. The van der Waals surface area contributed by atoms with Gasteiger partial charge in [0.1, 0.15) is 18.3 Å². The van der Waals surface area contributed by atoms with Crippen LogP contribution in [0.25, 0.3) is 22.2 Å². The van der Waals surface area contributed by atoms with E-state index >= 15 is 0 Å². The second-order valence-corrected chi connectivity index (χ2v) is 9.37. The molecule has 41 heavy (non-hydrogen) atoms. The van der Waals surface area contributed by atoms with E-state index in [0.717, 1.165) is 22.2 Å². The second-order valence-electron chi connectivity index (χ2n) is 9.37. The Morgan fingerprint density at radius 2 is 1.85 bits per heavy atom. The van der Waals surface area contributed by atoms with Crippen LogP contribution in [0.1, 0.15) is 11.3 Å². The number of hydrogen-bond acceptors (Lipinski definition) is 8. The maximum absolute atomic E-state index is 13.7. The largest absolute Gasteiger partial charge is 0.508 e. The van der Waals surface area contributed by atoms with E-state index in [-0.39, 0.29) is 37.0 Å². The minimum atomic E-state index is -0.939. The SMILES string of the molecule is COC(=O)[C@H](Cc1ccc(O)cc1)Nc1ncc(-c2ccccc2)n(CC(=O)NCc2cc3cnccc3[nH]2)c1=O. The summed E-state index contributed by atoms with van der Waals surface area (Å²) in [6.45, 7) is -0.0426. The van der Waals surface area contributed by atoms with E-state index in [0.29, 0.717) is 11.3 Å². The van der Waals surface area contributed by atoms with Gasteiger partial charge in [0.2, 0.25) is 5.91 Å². The van der Waals surface area contributed by atoms with Gasteiger partial charge in [-0.05, 0) is 35.4 Å². The minimum Gasteiger partial charge on any atom is -0.508 e. The Hall–Kier alpha value is -5.45. The fourth-order valence-corrected chi connectivity index (χ4v) is 4.47. The molecular weight excluding hydrogens is 524 g/mol. The highest BCUT2D eigenvalue weighted by Crippen LogP contribution is 2.19. The zero-order valence-electron chi connectivity index (χ0n) is 22.2. The molecule has 0 spiro atoms. The van der Waals surface area contributed by atoms with Crippen molar-refractivity contribution in [3.05, 3.63) is 107 Å². The van der Waals surface area contributed by atoms with E-state index in [1.807, 2.05) is 42.5 Å². The number of phenolic OH excluding ortho intramolecular Hbond substituents is 1. The third-order valence-corrected chi connectivity index (χ3v) is 6.55. The van der Waals surface area contributed by atoms with Crippen molar-refractivity contribution in [1.29, 1.82) is 0 Å². The Balaban J connectivity index is 1.40. The summed E-state index contributed by atoms with van der Waals surface area (Å²) in [6, 6.07) is 18.3. The van der Waals surface area contributed by atoms with Crippen LogP contribution in [0.4, 0.5) is 5.82 Å². The average Bonchev–Trinajstić information content (AvgIpc) is 3.42. The monoisotopic (exact) mass is 552 g/mol. The topological polar surface area (TPSA) is 151 Å². The van der Waals surface area contributed by atoms with Gasteiger partial charge in [0.05, 0.1) is 25.5 Å². The fraction of sp³-hybridized carbons (Fsp3) is 0.167. The van der Waals surface area contributed by atoms with Crippen LogP contribution in [0.5, 0.6) is 5.75 Å². The van der Waals surface area contributed by atoms with Gasteiger partial charge in [0.15, 0.2) is 5.82 Å². The van der Waals surface area contributed by atoms with E-state index in [4.69, 9.17) is 4.74 Å². The molecule has 0 aliphatic heterocycles. The predicted molar refractivity (Wildman–Crippen MR) is 153 cm³/mol. The third kappa shape index (κ3) is 6.41. The van der Waals surface area contributed by atoms with Crippen molar-refractivity contribution in [2.24, 2.45) is 0 Å². The summed E-state index contributed by atoms with van der Waals surface area (Å²) >= 11 is 0. The first-order chi connectivity index (χ1) is 19.9. The smallest absolute Gasteiger partial charge is 0.328 e. The lowest BCUT2D eigenvalue weighted by atomic mass is 10.1. The number of aromatic nitrogens is 4. The number of pyridine rings is 1. The van der Waals surface area contributed by atoms with Crippen molar-refractivity contribution in [2.75, 3.05) is 12.4 Å². The van der Waals surface area contributed by atoms with Crippen molar-refractivity contribution in [2.45, 2.75) is 25.6 Å². The van der Waals surface area contributed by atoms with Crippen molar-refractivity contribution in [1.82, 2.24) is 24.8 Å². The van der Waals surface area contributed by atoms with Gasteiger partial charge in [-0.3, -0.25) is 19.1 Å². The van der Waals surface area contributed by atoms with Crippen molar-refractivity contribution in [3.63, 3.8) is 0 Å². The number of phenols is 1. The number of benzene rings is 2. The zero-order valence-corrected chi connectivity index (χ0v) is 22.2. The molecule has 0 bridgehead atoms. The molecule has 5 rings (SSSR count). The van der Waals surface area contributed by atoms with E-state index in [1.165, 1.54) is 30.0 Å². The van der Waals surface area contributed by atoms with Crippen LogP contribution in [0, 0.1) is 0 Å². The number of aromatic hydroxyl groups is 1. The molecule has 1 atom stereocenters. The minimum absolute atomic E-state index is 0.0946. The van der Waals surface area contributed by atoms with Crippen LogP contribution in [-0.4, -0.2) is 49.7 Å². The number of esters is 1. The molecule has 0 saturated carbocycles. The highest BCUT2D eigenvalue weighted by molar-refractivity contribution is 5.81.